The van der Waals surface area contributed by atoms with Gasteiger partial charge in [0.1, 0.15) is 17.1 Å². The van der Waals surface area contributed by atoms with Gasteiger partial charge < -0.3 is 14.4 Å². The number of carbonyl (C=O) groups excluding carboxylic acids is 1. The van der Waals surface area contributed by atoms with Gasteiger partial charge in [-0.3, -0.25) is 14.0 Å². The Labute approximate surface area is 200 Å². The van der Waals surface area contributed by atoms with Gasteiger partial charge in [0.15, 0.2) is 4.96 Å². The van der Waals surface area contributed by atoms with Crippen LogP contribution in [0.25, 0.3) is 21.9 Å². The van der Waals surface area contributed by atoms with E-state index in [0.717, 1.165) is 11.4 Å². The first-order chi connectivity index (χ1) is 16.5. The van der Waals surface area contributed by atoms with E-state index in [-0.39, 0.29) is 17.9 Å². The number of nitrogens with zero attached hydrogens (tertiary/aromatic N) is 5. The van der Waals surface area contributed by atoms with E-state index in [1.807, 2.05) is 49.6 Å². The fraction of sp³-hybridized carbons (Fsp3) is 0.333. The van der Waals surface area contributed by atoms with Crippen molar-refractivity contribution in [2.24, 2.45) is 0 Å². The maximum Gasteiger partial charge on any atom is 0.268 e. The third kappa shape index (κ3) is 3.88. The standard InChI is InChI=1S/C24H25N5O4S/c1-15-12-18(26-29(15)19-6-4-5-7-20(19)32-3)22-16(2)25-24-28(23(22)31)17(14-34-24)13-21(30)27-8-10-33-11-9-27/h4-7,12,14H,8-11,13H2,1-3H3. The van der Waals surface area contributed by atoms with Crippen LogP contribution in [0.3, 0.4) is 0 Å². The zero-order chi connectivity index (χ0) is 23.8. The Morgan fingerprint density at radius 2 is 1.97 bits per heavy atom. The number of hydrogen-bond donors (Lipinski definition) is 0. The molecule has 4 aromatic rings. The summed E-state index contributed by atoms with van der Waals surface area (Å²) in [4.78, 5) is 33.5. The van der Waals surface area contributed by atoms with Crippen LogP contribution in [-0.2, 0) is 16.0 Å². The minimum absolute atomic E-state index is 0.0201. The topological polar surface area (TPSA) is 91.0 Å². The van der Waals surface area contributed by atoms with Crippen molar-refractivity contribution in [3.05, 3.63) is 63.1 Å². The summed E-state index contributed by atoms with van der Waals surface area (Å²) in [6.45, 7) is 5.95. The van der Waals surface area contributed by atoms with Gasteiger partial charge in [-0.05, 0) is 32.0 Å². The quantitative estimate of drug-likeness (QED) is 0.437. The van der Waals surface area contributed by atoms with Crippen molar-refractivity contribution in [1.82, 2.24) is 24.1 Å². The SMILES string of the molecule is COc1ccccc1-n1nc(-c2c(C)nc3scc(CC(=O)N4CCOCC4)n3c2=O)cc1C. The Bertz CT molecular complexity index is 1430. The highest BCUT2D eigenvalue weighted by Crippen LogP contribution is 2.27. The number of aryl methyl sites for hydroxylation is 2. The van der Waals surface area contributed by atoms with Gasteiger partial charge in [0.2, 0.25) is 5.91 Å². The van der Waals surface area contributed by atoms with E-state index in [9.17, 15) is 9.59 Å². The lowest BCUT2D eigenvalue weighted by molar-refractivity contribution is -0.134. The Morgan fingerprint density at radius 3 is 2.74 bits per heavy atom. The lowest BCUT2D eigenvalue weighted by atomic mass is 10.1. The summed E-state index contributed by atoms with van der Waals surface area (Å²) in [5.74, 6) is 0.664. The molecular weight excluding hydrogens is 454 g/mol. The normalized spacial score (nSPS) is 14.0. The molecule has 0 spiro atoms. The molecule has 0 unspecified atom stereocenters. The average Bonchev–Trinajstić information content (AvgIpc) is 3.42. The molecule has 34 heavy (non-hydrogen) atoms. The predicted octanol–water partition coefficient (Wildman–Crippen LogP) is 2.64. The lowest BCUT2D eigenvalue weighted by Gasteiger charge is -2.26. The van der Waals surface area contributed by atoms with Gasteiger partial charge in [-0.25, -0.2) is 9.67 Å². The molecule has 1 saturated heterocycles. The smallest absolute Gasteiger partial charge is 0.268 e. The van der Waals surface area contributed by atoms with Gasteiger partial charge in [-0.2, -0.15) is 5.10 Å². The van der Waals surface area contributed by atoms with Gasteiger partial charge in [0.25, 0.3) is 5.56 Å². The fourth-order valence-electron chi connectivity index (χ4n) is 4.25. The van der Waals surface area contributed by atoms with E-state index in [1.165, 1.54) is 11.3 Å². The monoisotopic (exact) mass is 479 g/mol. The zero-order valence-electron chi connectivity index (χ0n) is 19.3. The molecule has 1 aromatic carbocycles. The molecule has 1 fully saturated rings. The van der Waals surface area contributed by atoms with Crippen LogP contribution >= 0.6 is 11.3 Å². The van der Waals surface area contributed by atoms with Crippen molar-refractivity contribution in [2.75, 3.05) is 33.4 Å². The Hall–Kier alpha value is -3.50. The molecule has 0 radical (unpaired) electrons. The molecule has 1 aliphatic heterocycles. The van der Waals surface area contributed by atoms with Gasteiger partial charge in [0.05, 0.1) is 38.0 Å². The molecule has 1 aliphatic rings. The van der Waals surface area contributed by atoms with Crippen molar-refractivity contribution in [1.29, 1.82) is 0 Å². The second-order valence-corrected chi connectivity index (χ2v) is 8.98. The van der Waals surface area contributed by atoms with Crippen LogP contribution < -0.4 is 10.3 Å². The molecule has 0 atom stereocenters. The van der Waals surface area contributed by atoms with Gasteiger partial charge in [0, 0.05) is 29.9 Å². The van der Waals surface area contributed by atoms with E-state index in [1.54, 1.807) is 21.1 Å². The largest absolute Gasteiger partial charge is 0.494 e. The van der Waals surface area contributed by atoms with Crippen LogP contribution in [0, 0.1) is 13.8 Å². The summed E-state index contributed by atoms with van der Waals surface area (Å²) in [5.41, 5.74) is 3.61. The van der Waals surface area contributed by atoms with E-state index in [2.05, 4.69) is 4.98 Å². The zero-order valence-corrected chi connectivity index (χ0v) is 20.1. The van der Waals surface area contributed by atoms with Crippen molar-refractivity contribution < 1.29 is 14.3 Å². The average molecular weight is 480 g/mol. The number of morpholine rings is 1. The molecule has 9 nitrogen and oxygen atoms in total. The Kier molecular flexibility index (Phi) is 5.93. The Balaban J connectivity index is 1.57. The molecule has 0 bridgehead atoms. The van der Waals surface area contributed by atoms with E-state index < -0.39 is 0 Å². The summed E-state index contributed by atoms with van der Waals surface area (Å²) in [6.07, 6.45) is 0.138. The van der Waals surface area contributed by atoms with Gasteiger partial charge >= 0.3 is 0 Å². The summed E-state index contributed by atoms with van der Waals surface area (Å²) >= 11 is 1.36. The molecule has 0 N–H and O–H groups in total. The molecule has 4 heterocycles. The number of thiazole rings is 1. The second kappa shape index (κ2) is 9.03. The lowest BCUT2D eigenvalue weighted by Crippen LogP contribution is -2.41. The molecule has 1 amide bonds. The Morgan fingerprint density at radius 1 is 1.21 bits per heavy atom. The number of carbonyl (C=O) groups is 1. The van der Waals surface area contributed by atoms with Gasteiger partial charge in [-0.15, -0.1) is 11.3 Å². The van der Waals surface area contributed by atoms with Crippen LogP contribution in [0.15, 0.2) is 40.5 Å². The number of fused-ring (bicyclic) bond motifs is 1. The highest BCUT2D eigenvalue weighted by atomic mass is 32.1. The maximum atomic E-state index is 13.7. The molecule has 3 aromatic heterocycles. The molecule has 0 saturated carbocycles. The van der Waals surface area contributed by atoms with Crippen LogP contribution in [-0.4, -0.2) is 63.4 Å². The molecule has 10 heteroatoms. The number of para-hydroxylation sites is 2. The molecular formula is C24H25N5O4S. The van der Waals surface area contributed by atoms with Crippen molar-refractivity contribution in [3.63, 3.8) is 0 Å². The predicted molar refractivity (Wildman–Crippen MR) is 129 cm³/mol. The maximum absolute atomic E-state index is 13.7. The third-order valence-corrected chi connectivity index (χ3v) is 6.85. The van der Waals surface area contributed by atoms with E-state index in [0.29, 0.717) is 59.7 Å². The first-order valence-electron chi connectivity index (χ1n) is 11.0. The first kappa shape index (κ1) is 22.3. The van der Waals surface area contributed by atoms with Crippen molar-refractivity contribution in [3.8, 4) is 22.7 Å². The van der Waals surface area contributed by atoms with Crippen LogP contribution in [0.4, 0.5) is 0 Å². The minimum Gasteiger partial charge on any atom is -0.494 e. The molecule has 5 rings (SSSR count). The first-order valence-corrected chi connectivity index (χ1v) is 11.9. The van der Waals surface area contributed by atoms with Gasteiger partial charge in [-0.1, -0.05) is 12.1 Å². The van der Waals surface area contributed by atoms with Crippen LogP contribution in [0.5, 0.6) is 5.75 Å². The number of benzene rings is 1. The number of methoxy groups -OCH3 is 1. The van der Waals surface area contributed by atoms with Crippen molar-refractivity contribution >= 4 is 22.2 Å². The highest BCUT2D eigenvalue weighted by Gasteiger charge is 2.23. The van der Waals surface area contributed by atoms with E-state index in [4.69, 9.17) is 14.6 Å². The fourth-order valence-corrected chi connectivity index (χ4v) is 5.17. The second-order valence-electron chi connectivity index (χ2n) is 8.15. The number of aromatic nitrogens is 4. The van der Waals surface area contributed by atoms with Crippen LogP contribution in [0.1, 0.15) is 17.1 Å². The minimum atomic E-state index is -0.224. The highest BCUT2D eigenvalue weighted by molar-refractivity contribution is 7.15. The number of amides is 1. The van der Waals surface area contributed by atoms with Crippen molar-refractivity contribution in [2.45, 2.75) is 20.3 Å². The molecule has 176 valence electrons. The summed E-state index contributed by atoms with van der Waals surface area (Å²) in [5, 5.41) is 6.57. The van der Waals surface area contributed by atoms with Crippen LogP contribution in [0.2, 0.25) is 0 Å². The molecule has 0 aliphatic carbocycles. The third-order valence-electron chi connectivity index (χ3n) is 5.97. The summed E-state index contributed by atoms with van der Waals surface area (Å²) in [6, 6.07) is 9.46. The number of rotatable bonds is 5. The number of ether oxygens (including phenoxy) is 2. The van der Waals surface area contributed by atoms with E-state index >= 15 is 0 Å². The summed E-state index contributed by atoms with van der Waals surface area (Å²) in [7, 11) is 1.61. The number of hydrogen-bond acceptors (Lipinski definition) is 7. The summed E-state index contributed by atoms with van der Waals surface area (Å²) < 4.78 is 14.1.